The average Bonchev–Trinajstić information content (AvgIpc) is 2.03. The Balaban J connectivity index is 3.67. The first-order valence-corrected chi connectivity index (χ1v) is 5.07. The number of aliphatic hydroxyl groups is 1. The number of aliphatic hydroxyl groups excluding tert-OH is 1. The zero-order valence-corrected chi connectivity index (χ0v) is 9.21. The largest absolute Gasteiger partial charge is 0.392 e. The quantitative estimate of drug-likeness (QED) is 0.628. The molecule has 80 valence electrons. The highest BCUT2D eigenvalue weighted by atomic mass is 16.5. The summed E-state index contributed by atoms with van der Waals surface area (Å²) in [6.07, 6.45) is -0.289. The second-order valence-corrected chi connectivity index (χ2v) is 3.77. The standard InChI is InChI=1S/C10H23NO2/c1-5-13-7-10(8(2)3)11-6-9(4)12/h8-12H,5-7H2,1-4H3. The summed E-state index contributed by atoms with van der Waals surface area (Å²) in [6.45, 7) is 10.2. The Kier molecular flexibility index (Phi) is 7.23. The van der Waals surface area contributed by atoms with Crippen LogP contribution >= 0.6 is 0 Å². The van der Waals surface area contributed by atoms with Gasteiger partial charge in [0.15, 0.2) is 0 Å². The highest BCUT2D eigenvalue weighted by Gasteiger charge is 2.12. The van der Waals surface area contributed by atoms with E-state index in [0.717, 1.165) is 13.2 Å². The van der Waals surface area contributed by atoms with Crippen molar-refractivity contribution in [2.75, 3.05) is 19.8 Å². The Labute approximate surface area is 81.5 Å². The lowest BCUT2D eigenvalue weighted by Crippen LogP contribution is -2.41. The fourth-order valence-electron chi connectivity index (χ4n) is 1.05. The predicted octanol–water partition coefficient (Wildman–Crippen LogP) is 1.02. The van der Waals surface area contributed by atoms with Gasteiger partial charge in [0.05, 0.1) is 12.7 Å². The lowest BCUT2D eigenvalue weighted by Gasteiger charge is -2.22. The van der Waals surface area contributed by atoms with Gasteiger partial charge < -0.3 is 15.2 Å². The molecule has 0 aromatic carbocycles. The minimum Gasteiger partial charge on any atom is -0.392 e. The van der Waals surface area contributed by atoms with Gasteiger partial charge in [-0.2, -0.15) is 0 Å². The summed E-state index contributed by atoms with van der Waals surface area (Å²) < 4.78 is 5.35. The van der Waals surface area contributed by atoms with Crippen molar-refractivity contribution < 1.29 is 9.84 Å². The summed E-state index contributed by atoms with van der Waals surface area (Å²) >= 11 is 0. The number of hydrogen-bond donors (Lipinski definition) is 2. The maximum Gasteiger partial charge on any atom is 0.0636 e. The molecular formula is C10H23NO2. The molecule has 0 bridgehead atoms. The van der Waals surface area contributed by atoms with Crippen LogP contribution in [0.25, 0.3) is 0 Å². The summed E-state index contributed by atoms with van der Waals surface area (Å²) in [5.41, 5.74) is 0. The molecule has 2 unspecified atom stereocenters. The van der Waals surface area contributed by atoms with E-state index in [1.807, 2.05) is 6.92 Å². The van der Waals surface area contributed by atoms with E-state index in [9.17, 15) is 0 Å². The smallest absolute Gasteiger partial charge is 0.0636 e. The van der Waals surface area contributed by atoms with E-state index in [2.05, 4.69) is 19.2 Å². The van der Waals surface area contributed by atoms with Crippen molar-refractivity contribution in [2.24, 2.45) is 5.92 Å². The molecule has 0 aliphatic carbocycles. The van der Waals surface area contributed by atoms with Gasteiger partial charge in [-0.15, -0.1) is 0 Å². The summed E-state index contributed by atoms with van der Waals surface area (Å²) in [6, 6.07) is 0.342. The van der Waals surface area contributed by atoms with Crippen LogP contribution in [0.2, 0.25) is 0 Å². The predicted molar refractivity (Wildman–Crippen MR) is 54.8 cm³/mol. The third kappa shape index (κ3) is 6.99. The van der Waals surface area contributed by atoms with Gasteiger partial charge in [-0.05, 0) is 19.8 Å². The van der Waals surface area contributed by atoms with Gasteiger partial charge in [0.1, 0.15) is 0 Å². The number of rotatable bonds is 7. The molecule has 0 spiro atoms. The zero-order valence-electron chi connectivity index (χ0n) is 9.21. The van der Waals surface area contributed by atoms with Crippen LogP contribution in [0.5, 0.6) is 0 Å². The first-order chi connectivity index (χ1) is 6.07. The molecule has 0 rings (SSSR count). The van der Waals surface area contributed by atoms with Crippen LogP contribution in [0.3, 0.4) is 0 Å². The first-order valence-electron chi connectivity index (χ1n) is 5.07. The molecule has 0 amide bonds. The van der Waals surface area contributed by atoms with Crippen molar-refractivity contribution in [3.63, 3.8) is 0 Å². The van der Waals surface area contributed by atoms with E-state index < -0.39 is 0 Å². The highest BCUT2D eigenvalue weighted by molar-refractivity contribution is 4.70. The Morgan fingerprint density at radius 3 is 2.31 bits per heavy atom. The average molecular weight is 189 g/mol. The van der Waals surface area contributed by atoms with Crippen LogP contribution in [0.15, 0.2) is 0 Å². The van der Waals surface area contributed by atoms with E-state index >= 15 is 0 Å². The van der Waals surface area contributed by atoms with Crippen molar-refractivity contribution in [1.82, 2.24) is 5.32 Å². The molecule has 0 radical (unpaired) electrons. The molecule has 0 aliphatic heterocycles. The molecule has 0 saturated carbocycles. The molecule has 2 N–H and O–H groups in total. The van der Waals surface area contributed by atoms with E-state index in [-0.39, 0.29) is 6.10 Å². The normalized spacial score (nSPS) is 16.2. The lowest BCUT2D eigenvalue weighted by molar-refractivity contribution is 0.0995. The SMILES string of the molecule is CCOCC(NCC(C)O)C(C)C. The van der Waals surface area contributed by atoms with Gasteiger partial charge in [0.25, 0.3) is 0 Å². The van der Waals surface area contributed by atoms with Crippen molar-refractivity contribution in [2.45, 2.75) is 39.8 Å². The first kappa shape index (κ1) is 12.9. The minimum absolute atomic E-state index is 0.289. The molecule has 3 heteroatoms. The van der Waals surface area contributed by atoms with Crippen LogP contribution in [0, 0.1) is 5.92 Å². The summed E-state index contributed by atoms with van der Waals surface area (Å²) in [5.74, 6) is 0.533. The Morgan fingerprint density at radius 2 is 1.92 bits per heavy atom. The molecular weight excluding hydrogens is 166 g/mol. The third-order valence-electron chi connectivity index (χ3n) is 1.98. The second kappa shape index (κ2) is 7.30. The molecule has 0 aliphatic rings. The van der Waals surface area contributed by atoms with Crippen molar-refractivity contribution >= 4 is 0 Å². The minimum atomic E-state index is -0.289. The molecule has 0 aromatic heterocycles. The maximum absolute atomic E-state index is 9.11. The van der Waals surface area contributed by atoms with E-state index in [4.69, 9.17) is 9.84 Å². The molecule has 0 heterocycles. The number of ether oxygens (including phenoxy) is 1. The van der Waals surface area contributed by atoms with Crippen LogP contribution in [0.4, 0.5) is 0 Å². The Hall–Kier alpha value is -0.120. The Bertz CT molecular complexity index is 115. The van der Waals surface area contributed by atoms with Crippen molar-refractivity contribution in [3.8, 4) is 0 Å². The van der Waals surface area contributed by atoms with E-state index in [0.29, 0.717) is 18.5 Å². The monoisotopic (exact) mass is 189 g/mol. The molecule has 0 fully saturated rings. The van der Waals surface area contributed by atoms with Gasteiger partial charge in [0.2, 0.25) is 0 Å². The van der Waals surface area contributed by atoms with Gasteiger partial charge >= 0.3 is 0 Å². The summed E-state index contributed by atoms with van der Waals surface area (Å²) in [4.78, 5) is 0. The zero-order chi connectivity index (χ0) is 10.3. The fraction of sp³-hybridized carbons (Fsp3) is 1.00. The van der Waals surface area contributed by atoms with Gasteiger partial charge in [0, 0.05) is 19.2 Å². The van der Waals surface area contributed by atoms with Crippen molar-refractivity contribution in [3.05, 3.63) is 0 Å². The van der Waals surface area contributed by atoms with Gasteiger partial charge in [-0.25, -0.2) is 0 Å². The summed E-state index contributed by atoms with van der Waals surface area (Å²) in [7, 11) is 0. The molecule has 13 heavy (non-hydrogen) atoms. The Morgan fingerprint density at radius 1 is 1.31 bits per heavy atom. The van der Waals surface area contributed by atoms with Crippen LogP contribution in [-0.2, 0) is 4.74 Å². The molecule has 0 saturated heterocycles. The maximum atomic E-state index is 9.11. The lowest BCUT2D eigenvalue weighted by atomic mass is 10.1. The van der Waals surface area contributed by atoms with Gasteiger partial charge in [-0.3, -0.25) is 0 Å². The topological polar surface area (TPSA) is 41.5 Å². The summed E-state index contributed by atoms with van der Waals surface area (Å²) in [5, 5.41) is 12.4. The van der Waals surface area contributed by atoms with E-state index in [1.54, 1.807) is 6.92 Å². The third-order valence-corrected chi connectivity index (χ3v) is 1.98. The van der Waals surface area contributed by atoms with Crippen molar-refractivity contribution in [1.29, 1.82) is 0 Å². The fourth-order valence-corrected chi connectivity index (χ4v) is 1.05. The van der Waals surface area contributed by atoms with Crippen LogP contribution < -0.4 is 5.32 Å². The van der Waals surface area contributed by atoms with Gasteiger partial charge in [-0.1, -0.05) is 13.8 Å². The van der Waals surface area contributed by atoms with E-state index in [1.165, 1.54) is 0 Å². The van der Waals surface area contributed by atoms with Crippen LogP contribution in [-0.4, -0.2) is 37.0 Å². The molecule has 2 atom stereocenters. The molecule has 0 aromatic rings. The second-order valence-electron chi connectivity index (χ2n) is 3.77. The van der Waals surface area contributed by atoms with Crippen LogP contribution in [0.1, 0.15) is 27.7 Å². The highest BCUT2D eigenvalue weighted by Crippen LogP contribution is 2.02. The molecule has 3 nitrogen and oxygen atoms in total. The number of nitrogens with one attached hydrogen (secondary N) is 1. The number of hydrogen-bond acceptors (Lipinski definition) is 3.